The van der Waals surface area contributed by atoms with Gasteiger partial charge in [0.05, 0.1) is 5.56 Å². The second-order valence-electron chi connectivity index (χ2n) is 3.86. The van der Waals surface area contributed by atoms with Crippen LogP contribution in [0.1, 0.15) is 16.9 Å². The van der Waals surface area contributed by atoms with Crippen LogP contribution >= 0.6 is 11.3 Å². The minimum Gasteiger partial charge on any atom is -0.330 e. The Labute approximate surface area is 101 Å². The maximum atomic E-state index is 12.5. The molecule has 0 saturated carbocycles. The first-order chi connectivity index (χ1) is 8.00. The number of nitrogens with two attached hydrogens (primary N) is 1. The summed E-state index contributed by atoms with van der Waals surface area (Å²) in [6, 6.07) is 5.81. The zero-order chi connectivity index (χ0) is 12.5. The molecule has 1 heterocycles. The number of aryl methyl sites for hydroxylation is 1. The lowest BCUT2D eigenvalue weighted by Gasteiger charge is -2.05. The molecule has 0 aliphatic heterocycles. The van der Waals surface area contributed by atoms with Gasteiger partial charge in [-0.05, 0) is 43.0 Å². The highest BCUT2D eigenvalue weighted by atomic mass is 32.1. The zero-order valence-electron chi connectivity index (χ0n) is 9.05. The van der Waals surface area contributed by atoms with Crippen molar-refractivity contribution in [2.45, 2.75) is 19.0 Å². The van der Waals surface area contributed by atoms with Gasteiger partial charge >= 0.3 is 6.18 Å². The van der Waals surface area contributed by atoms with E-state index in [1.165, 1.54) is 23.5 Å². The summed E-state index contributed by atoms with van der Waals surface area (Å²) in [6.45, 7) is 0.599. The second-order valence-corrected chi connectivity index (χ2v) is 5.02. The molecule has 0 radical (unpaired) electrons. The van der Waals surface area contributed by atoms with E-state index in [4.69, 9.17) is 5.73 Å². The molecule has 0 unspecified atom stereocenters. The summed E-state index contributed by atoms with van der Waals surface area (Å²) < 4.78 is 38.2. The average molecular weight is 259 g/mol. The molecule has 0 spiro atoms. The van der Waals surface area contributed by atoms with Gasteiger partial charge in [-0.25, -0.2) is 0 Å². The van der Waals surface area contributed by atoms with Crippen molar-refractivity contribution >= 4 is 21.4 Å². The molecule has 1 nitrogen and oxygen atoms in total. The van der Waals surface area contributed by atoms with E-state index in [0.29, 0.717) is 11.2 Å². The van der Waals surface area contributed by atoms with Crippen LogP contribution in [0.2, 0.25) is 0 Å². The summed E-state index contributed by atoms with van der Waals surface area (Å²) in [6.07, 6.45) is -2.58. The van der Waals surface area contributed by atoms with Gasteiger partial charge in [0.2, 0.25) is 0 Å². The van der Waals surface area contributed by atoms with Gasteiger partial charge in [0, 0.05) is 9.58 Å². The highest BCUT2D eigenvalue weighted by Crippen LogP contribution is 2.34. The third-order valence-corrected chi connectivity index (χ3v) is 3.68. The Bertz CT molecular complexity index is 516. The average Bonchev–Trinajstić information content (AvgIpc) is 2.66. The van der Waals surface area contributed by atoms with Gasteiger partial charge in [-0.3, -0.25) is 0 Å². The Kier molecular flexibility index (Phi) is 3.40. The van der Waals surface area contributed by atoms with Crippen molar-refractivity contribution in [3.63, 3.8) is 0 Å². The minimum atomic E-state index is -4.27. The maximum absolute atomic E-state index is 12.5. The summed E-state index contributed by atoms with van der Waals surface area (Å²) in [7, 11) is 0. The summed E-state index contributed by atoms with van der Waals surface area (Å²) in [4.78, 5) is 1.09. The van der Waals surface area contributed by atoms with Crippen molar-refractivity contribution in [3.05, 3.63) is 34.7 Å². The van der Waals surface area contributed by atoms with Gasteiger partial charge in [0.25, 0.3) is 0 Å². The Morgan fingerprint density at radius 3 is 2.59 bits per heavy atom. The number of rotatable bonds is 3. The molecule has 0 atom stereocenters. The molecule has 2 aromatic rings. The Balaban J connectivity index is 2.34. The van der Waals surface area contributed by atoms with Crippen LogP contribution in [0.5, 0.6) is 0 Å². The SMILES string of the molecule is NCCCc1cc2ccc(C(F)(F)F)cc2s1. The van der Waals surface area contributed by atoms with Crippen molar-refractivity contribution in [1.29, 1.82) is 0 Å². The monoisotopic (exact) mass is 259 g/mol. The van der Waals surface area contributed by atoms with Crippen molar-refractivity contribution in [2.24, 2.45) is 5.73 Å². The van der Waals surface area contributed by atoms with Gasteiger partial charge < -0.3 is 5.73 Å². The highest BCUT2D eigenvalue weighted by Gasteiger charge is 2.30. The van der Waals surface area contributed by atoms with Gasteiger partial charge in [-0.1, -0.05) is 6.07 Å². The molecule has 17 heavy (non-hydrogen) atoms. The molecule has 92 valence electrons. The van der Waals surface area contributed by atoms with E-state index in [1.54, 1.807) is 0 Å². The lowest BCUT2D eigenvalue weighted by molar-refractivity contribution is -0.137. The Morgan fingerprint density at radius 1 is 1.18 bits per heavy atom. The number of halogens is 3. The molecule has 2 N–H and O–H groups in total. The smallest absolute Gasteiger partial charge is 0.330 e. The molecule has 5 heteroatoms. The van der Waals surface area contributed by atoms with Crippen LogP contribution in [0.4, 0.5) is 13.2 Å². The summed E-state index contributed by atoms with van der Waals surface area (Å²) in [5, 5.41) is 0.870. The lowest BCUT2D eigenvalue weighted by atomic mass is 10.1. The number of benzene rings is 1. The number of hydrogen-bond acceptors (Lipinski definition) is 2. The van der Waals surface area contributed by atoms with Crippen molar-refractivity contribution in [3.8, 4) is 0 Å². The van der Waals surface area contributed by atoms with Crippen LogP contribution in [-0.2, 0) is 12.6 Å². The molecular formula is C12H12F3NS. The molecule has 0 aliphatic rings. The normalized spacial score (nSPS) is 12.2. The molecule has 0 bridgehead atoms. The third-order valence-electron chi connectivity index (χ3n) is 2.53. The quantitative estimate of drug-likeness (QED) is 0.891. The first-order valence-electron chi connectivity index (χ1n) is 5.30. The van der Waals surface area contributed by atoms with E-state index in [9.17, 15) is 13.2 Å². The first kappa shape index (κ1) is 12.4. The van der Waals surface area contributed by atoms with Crippen LogP contribution in [0, 0.1) is 0 Å². The molecule has 0 amide bonds. The fourth-order valence-corrected chi connectivity index (χ4v) is 2.81. The van der Waals surface area contributed by atoms with E-state index in [1.807, 2.05) is 6.07 Å². The second kappa shape index (κ2) is 4.66. The van der Waals surface area contributed by atoms with Gasteiger partial charge in [-0.2, -0.15) is 13.2 Å². The lowest BCUT2D eigenvalue weighted by Crippen LogP contribution is -2.03. The molecule has 1 aromatic carbocycles. The van der Waals surface area contributed by atoms with Crippen LogP contribution in [-0.4, -0.2) is 6.54 Å². The van der Waals surface area contributed by atoms with E-state index in [-0.39, 0.29) is 0 Å². The van der Waals surface area contributed by atoms with Crippen LogP contribution < -0.4 is 5.73 Å². The van der Waals surface area contributed by atoms with Crippen molar-refractivity contribution in [2.75, 3.05) is 6.54 Å². The number of thiophene rings is 1. The summed E-state index contributed by atoms with van der Waals surface area (Å²) in [5.74, 6) is 0. The fourth-order valence-electron chi connectivity index (χ4n) is 1.66. The molecular weight excluding hydrogens is 247 g/mol. The number of alkyl halides is 3. The van der Waals surface area contributed by atoms with Crippen molar-refractivity contribution < 1.29 is 13.2 Å². The largest absolute Gasteiger partial charge is 0.416 e. The molecule has 1 aromatic heterocycles. The maximum Gasteiger partial charge on any atom is 0.416 e. The molecule has 0 aliphatic carbocycles. The zero-order valence-corrected chi connectivity index (χ0v) is 9.87. The topological polar surface area (TPSA) is 26.0 Å². The van der Waals surface area contributed by atoms with Crippen LogP contribution in [0.15, 0.2) is 24.3 Å². The third kappa shape index (κ3) is 2.79. The Hall–Kier alpha value is -1.07. The highest BCUT2D eigenvalue weighted by molar-refractivity contribution is 7.19. The van der Waals surface area contributed by atoms with Gasteiger partial charge in [-0.15, -0.1) is 11.3 Å². The van der Waals surface area contributed by atoms with E-state index < -0.39 is 11.7 Å². The molecule has 2 rings (SSSR count). The predicted molar refractivity (Wildman–Crippen MR) is 64.2 cm³/mol. The van der Waals surface area contributed by atoms with E-state index in [2.05, 4.69) is 0 Å². The summed E-state index contributed by atoms with van der Waals surface area (Å²) >= 11 is 1.41. The summed E-state index contributed by atoms with van der Waals surface area (Å²) in [5.41, 5.74) is 4.82. The van der Waals surface area contributed by atoms with Crippen molar-refractivity contribution in [1.82, 2.24) is 0 Å². The van der Waals surface area contributed by atoms with E-state index >= 15 is 0 Å². The standard InChI is InChI=1S/C12H12F3NS/c13-12(14,15)9-4-3-8-6-10(2-1-5-16)17-11(8)7-9/h3-4,6-7H,1-2,5,16H2. The van der Waals surface area contributed by atoms with Crippen LogP contribution in [0.25, 0.3) is 10.1 Å². The molecule has 0 saturated heterocycles. The minimum absolute atomic E-state index is 0.586. The van der Waals surface area contributed by atoms with E-state index in [0.717, 1.165) is 29.2 Å². The van der Waals surface area contributed by atoms with Gasteiger partial charge in [0.1, 0.15) is 0 Å². The number of fused-ring (bicyclic) bond motifs is 1. The Morgan fingerprint density at radius 2 is 1.94 bits per heavy atom. The molecule has 0 fully saturated rings. The fraction of sp³-hybridized carbons (Fsp3) is 0.333. The van der Waals surface area contributed by atoms with Gasteiger partial charge in [0.15, 0.2) is 0 Å². The predicted octanol–water partition coefficient (Wildman–Crippen LogP) is 3.81. The number of hydrogen-bond donors (Lipinski definition) is 1. The first-order valence-corrected chi connectivity index (χ1v) is 6.12. The van der Waals surface area contributed by atoms with Crippen LogP contribution in [0.3, 0.4) is 0 Å².